The summed E-state index contributed by atoms with van der Waals surface area (Å²) in [6.45, 7) is -0.254. The van der Waals surface area contributed by atoms with Crippen LogP contribution < -0.4 is 5.73 Å². The SMILES string of the molecule is NC[C@@H](c1ccc(C(F)(F)F)cc1)S(=O)(=O)c1ccc(Cl)cc1. The zero-order chi connectivity index (χ0) is 17.3. The summed E-state index contributed by atoms with van der Waals surface area (Å²) in [5, 5.41) is -0.756. The molecule has 2 aromatic rings. The van der Waals surface area contributed by atoms with Crippen molar-refractivity contribution in [2.45, 2.75) is 16.3 Å². The first-order valence-electron chi connectivity index (χ1n) is 6.53. The summed E-state index contributed by atoms with van der Waals surface area (Å²) in [5.41, 5.74) is 4.91. The van der Waals surface area contributed by atoms with E-state index in [1.165, 1.54) is 24.3 Å². The third-order valence-corrected chi connectivity index (χ3v) is 5.74. The Bertz CT molecular complexity index is 772. The summed E-state index contributed by atoms with van der Waals surface area (Å²) in [4.78, 5) is 0.0113. The van der Waals surface area contributed by atoms with Gasteiger partial charge in [0.2, 0.25) is 0 Å². The molecule has 0 bridgehead atoms. The van der Waals surface area contributed by atoms with Crippen LogP contribution in [0, 0.1) is 0 Å². The number of rotatable bonds is 4. The zero-order valence-corrected chi connectivity index (χ0v) is 13.3. The highest BCUT2D eigenvalue weighted by molar-refractivity contribution is 7.91. The highest BCUT2D eigenvalue weighted by Crippen LogP contribution is 2.33. The van der Waals surface area contributed by atoms with E-state index in [0.29, 0.717) is 5.02 Å². The highest BCUT2D eigenvalue weighted by atomic mass is 35.5. The monoisotopic (exact) mass is 363 g/mol. The fourth-order valence-corrected chi connectivity index (χ4v) is 3.86. The Morgan fingerprint density at radius 2 is 1.52 bits per heavy atom. The van der Waals surface area contributed by atoms with Gasteiger partial charge in [-0.25, -0.2) is 8.42 Å². The summed E-state index contributed by atoms with van der Waals surface area (Å²) < 4.78 is 63.0. The lowest BCUT2D eigenvalue weighted by Crippen LogP contribution is -2.22. The molecule has 0 saturated heterocycles. The van der Waals surface area contributed by atoms with Gasteiger partial charge in [-0.2, -0.15) is 13.2 Å². The first kappa shape index (κ1) is 17.8. The number of halogens is 4. The number of nitrogens with two attached hydrogens (primary N) is 1. The maximum atomic E-state index is 12.6. The van der Waals surface area contributed by atoms with Crippen molar-refractivity contribution in [1.82, 2.24) is 0 Å². The topological polar surface area (TPSA) is 60.2 Å². The molecule has 0 aliphatic carbocycles. The Morgan fingerprint density at radius 3 is 1.96 bits per heavy atom. The van der Waals surface area contributed by atoms with E-state index in [-0.39, 0.29) is 17.0 Å². The second kappa shape index (κ2) is 6.51. The van der Waals surface area contributed by atoms with Crippen LogP contribution in [0.25, 0.3) is 0 Å². The smallest absolute Gasteiger partial charge is 0.329 e. The van der Waals surface area contributed by atoms with Crippen molar-refractivity contribution >= 4 is 21.4 Å². The second-order valence-corrected chi connectivity index (χ2v) is 7.41. The molecule has 2 rings (SSSR count). The molecular weight excluding hydrogens is 351 g/mol. The van der Waals surface area contributed by atoms with E-state index in [0.717, 1.165) is 24.3 Å². The number of sulfone groups is 1. The predicted octanol–water partition coefficient (Wildman–Crippen LogP) is 3.83. The van der Waals surface area contributed by atoms with Crippen molar-refractivity contribution < 1.29 is 21.6 Å². The van der Waals surface area contributed by atoms with Crippen LogP contribution in [0.1, 0.15) is 16.4 Å². The van der Waals surface area contributed by atoms with E-state index < -0.39 is 26.8 Å². The average Bonchev–Trinajstić information content (AvgIpc) is 2.48. The lowest BCUT2D eigenvalue weighted by molar-refractivity contribution is -0.137. The summed E-state index contributed by atoms with van der Waals surface area (Å²) in [6.07, 6.45) is -4.48. The van der Waals surface area contributed by atoms with Gasteiger partial charge in [0.05, 0.1) is 10.5 Å². The molecule has 0 radical (unpaired) electrons. The van der Waals surface area contributed by atoms with E-state index in [9.17, 15) is 21.6 Å². The van der Waals surface area contributed by atoms with Gasteiger partial charge in [-0.15, -0.1) is 0 Å². The van der Waals surface area contributed by atoms with Crippen molar-refractivity contribution in [2.24, 2.45) is 5.73 Å². The van der Waals surface area contributed by atoms with Crippen LogP contribution in [0.5, 0.6) is 0 Å². The minimum absolute atomic E-state index is 0.0113. The molecule has 0 unspecified atom stereocenters. The molecule has 0 fully saturated rings. The van der Waals surface area contributed by atoms with E-state index in [4.69, 9.17) is 17.3 Å². The lowest BCUT2D eigenvalue weighted by Gasteiger charge is -2.17. The standard InChI is InChI=1S/C15H13ClF3NO2S/c16-12-5-7-13(8-6-12)23(21,22)14(9-20)10-1-3-11(4-2-10)15(17,18)19/h1-8,14H,9,20H2/t14-/m0/s1. The van der Waals surface area contributed by atoms with Crippen LogP contribution in [-0.4, -0.2) is 15.0 Å². The van der Waals surface area contributed by atoms with Gasteiger partial charge in [-0.1, -0.05) is 23.7 Å². The molecule has 0 spiro atoms. The van der Waals surface area contributed by atoms with Crippen molar-refractivity contribution in [3.05, 3.63) is 64.7 Å². The summed E-state index contributed by atoms with van der Waals surface area (Å²) in [5.74, 6) is 0. The van der Waals surface area contributed by atoms with E-state index in [2.05, 4.69) is 0 Å². The Hall–Kier alpha value is -1.57. The molecule has 2 aromatic carbocycles. The molecule has 8 heteroatoms. The number of benzene rings is 2. The van der Waals surface area contributed by atoms with Crippen LogP contribution >= 0.6 is 11.6 Å². The van der Waals surface area contributed by atoms with E-state index >= 15 is 0 Å². The molecule has 124 valence electrons. The molecule has 1 atom stereocenters. The summed E-state index contributed by atoms with van der Waals surface area (Å²) in [6, 6.07) is 9.48. The van der Waals surface area contributed by atoms with Crippen molar-refractivity contribution in [3.8, 4) is 0 Å². The van der Waals surface area contributed by atoms with Crippen LogP contribution in [-0.2, 0) is 16.0 Å². The number of hydrogen-bond acceptors (Lipinski definition) is 3. The minimum atomic E-state index is -4.48. The van der Waals surface area contributed by atoms with Crippen LogP contribution in [0.2, 0.25) is 5.02 Å². The lowest BCUT2D eigenvalue weighted by atomic mass is 10.1. The van der Waals surface area contributed by atoms with Gasteiger partial charge in [-0.3, -0.25) is 0 Å². The Morgan fingerprint density at radius 1 is 1.00 bits per heavy atom. The molecule has 0 aromatic heterocycles. The minimum Gasteiger partial charge on any atom is -0.329 e. The molecule has 2 N–H and O–H groups in total. The molecule has 0 amide bonds. The quantitative estimate of drug-likeness (QED) is 0.898. The van der Waals surface area contributed by atoms with Gasteiger partial charge >= 0.3 is 6.18 Å². The van der Waals surface area contributed by atoms with Crippen LogP contribution in [0.3, 0.4) is 0 Å². The Labute approximate surface area is 136 Å². The number of alkyl halides is 3. The maximum Gasteiger partial charge on any atom is 0.416 e. The van der Waals surface area contributed by atoms with Gasteiger partial charge in [0.25, 0.3) is 0 Å². The largest absolute Gasteiger partial charge is 0.416 e. The third-order valence-electron chi connectivity index (χ3n) is 3.34. The normalized spacial score (nSPS) is 13.8. The molecule has 0 aliphatic heterocycles. The molecule has 0 heterocycles. The van der Waals surface area contributed by atoms with Crippen LogP contribution in [0.15, 0.2) is 53.4 Å². The molecule has 0 saturated carbocycles. The molecule has 23 heavy (non-hydrogen) atoms. The summed E-state index contributed by atoms with van der Waals surface area (Å²) in [7, 11) is -3.83. The number of hydrogen-bond donors (Lipinski definition) is 1. The predicted molar refractivity (Wildman–Crippen MR) is 81.9 cm³/mol. The van der Waals surface area contributed by atoms with E-state index in [1.807, 2.05) is 0 Å². The zero-order valence-electron chi connectivity index (χ0n) is 11.7. The average molecular weight is 364 g/mol. The first-order valence-corrected chi connectivity index (χ1v) is 8.45. The van der Waals surface area contributed by atoms with Crippen LogP contribution in [0.4, 0.5) is 13.2 Å². The van der Waals surface area contributed by atoms with Crippen molar-refractivity contribution in [3.63, 3.8) is 0 Å². The van der Waals surface area contributed by atoms with Gasteiger partial charge < -0.3 is 5.73 Å². The molecule has 0 aliphatic rings. The van der Waals surface area contributed by atoms with Crippen molar-refractivity contribution in [2.75, 3.05) is 6.54 Å². The van der Waals surface area contributed by atoms with Gasteiger partial charge in [0.15, 0.2) is 9.84 Å². The molecular formula is C15H13ClF3NO2S. The van der Waals surface area contributed by atoms with Gasteiger partial charge in [0, 0.05) is 11.6 Å². The maximum absolute atomic E-state index is 12.6. The molecule has 3 nitrogen and oxygen atoms in total. The van der Waals surface area contributed by atoms with Gasteiger partial charge in [-0.05, 0) is 42.0 Å². The fraction of sp³-hybridized carbons (Fsp3) is 0.200. The van der Waals surface area contributed by atoms with Gasteiger partial charge in [0.1, 0.15) is 5.25 Å². The first-order chi connectivity index (χ1) is 10.7. The third kappa shape index (κ3) is 3.85. The summed E-state index contributed by atoms with van der Waals surface area (Å²) >= 11 is 5.73. The highest BCUT2D eigenvalue weighted by Gasteiger charge is 2.32. The Kier molecular flexibility index (Phi) is 5.03. The Balaban J connectivity index is 2.41. The van der Waals surface area contributed by atoms with Crippen molar-refractivity contribution in [1.29, 1.82) is 0 Å². The fourth-order valence-electron chi connectivity index (χ4n) is 2.12. The van der Waals surface area contributed by atoms with E-state index in [1.54, 1.807) is 0 Å². The second-order valence-electron chi connectivity index (χ2n) is 4.84.